The summed E-state index contributed by atoms with van der Waals surface area (Å²) in [7, 11) is 1.60. The number of methoxy groups -OCH3 is 1. The standard InChI is InChI=1S/C15H21NO3/c1-11-9-16(15(2,3)10-19-11)14(17)12-6-5-7-13(8-12)18-4/h5-8,11H,9-10H2,1-4H3/t11-/m1/s1. The molecule has 0 radical (unpaired) electrons. The first-order valence-electron chi connectivity index (χ1n) is 6.51. The number of carbonyl (C=O) groups excluding carboxylic acids is 1. The molecule has 1 saturated heterocycles. The molecule has 1 amide bonds. The van der Waals surface area contributed by atoms with Gasteiger partial charge in [-0.15, -0.1) is 0 Å². The third kappa shape index (κ3) is 2.89. The number of ether oxygens (including phenoxy) is 2. The number of benzene rings is 1. The second-order valence-electron chi connectivity index (χ2n) is 5.58. The van der Waals surface area contributed by atoms with Crippen LogP contribution in [0, 0.1) is 0 Å². The van der Waals surface area contributed by atoms with Crippen LogP contribution in [0.5, 0.6) is 5.75 Å². The molecule has 0 unspecified atom stereocenters. The van der Waals surface area contributed by atoms with E-state index < -0.39 is 0 Å². The predicted octanol–water partition coefficient (Wildman–Crippen LogP) is 2.33. The van der Waals surface area contributed by atoms with E-state index in [1.54, 1.807) is 13.2 Å². The lowest BCUT2D eigenvalue weighted by Crippen LogP contribution is -2.57. The second kappa shape index (κ2) is 5.21. The molecule has 0 spiro atoms. The summed E-state index contributed by atoms with van der Waals surface area (Å²) in [5.74, 6) is 0.726. The first-order valence-corrected chi connectivity index (χ1v) is 6.51. The van der Waals surface area contributed by atoms with Crippen LogP contribution in [-0.2, 0) is 4.74 Å². The molecule has 4 nitrogen and oxygen atoms in total. The lowest BCUT2D eigenvalue weighted by Gasteiger charge is -2.44. The van der Waals surface area contributed by atoms with Gasteiger partial charge >= 0.3 is 0 Å². The minimum atomic E-state index is -0.285. The van der Waals surface area contributed by atoms with E-state index in [0.717, 1.165) is 0 Å². The third-order valence-corrected chi connectivity index (χ3v) is 3.45. The molecule has 1 fully saturated rings. The van der Waals surface area contributed by atoms with Crippen molar-refractivity contribution in [2.75, 3.05) is 20.3 Å². The van der Waals surface area contributed by atoms with Crippen LogP contribution >= 0.6 is 0 Å². The minimum absolute atomic E-state index is 0.0269. The van der Waals surface area contributed by atoms with Crippen LogP contribution in [0.15, 0.2) is 24.3 Å². The van der Waals surface area contributed by atoms with Gasteiger partial charge in [-0.3, -0.25) is 4.79 Å². The van der Waals surface area contributed by atoms with Crippen molar-refractivity contribution in [1.82, 2.24) is 4.90 Å². The predicted molar refractivity (Wildman–Crippen MR) is 73.5 cm³/mol. The highest BCUT2D eigenvalue weighted by atomic mass is 16.5. The van der Waals surface area contributed by atoms with Crippen molar-refractivity contribution in [1.29, 1.82) is 0 Å². The minimum Gasteiger partial charge on any atom is -0.497 e. The fourth-order valence-electron chi connectivity index (χ4n) is 2.25. The molecule has 1 aliphatic heterocycles. The molecule has 1 aromatic rings. The molecule has 0 bridgehead atoms. The van der Waals surface area contributed by atoms with Crippen molar-refractivity contribution >= 4 is 5.91 Å². The molecule has 104 valence electrons. The Labute approximate surface area is 114 Å². The highest BCUT2D eigenvalue weighted by Crippen LogP contribution is 2.25. The molecule has 0 aromatic heterocycles. The van der Waals surface area contributed by atoms with Gasteiger partial charge in [-0.2, -0.15) is 0 Å². The summed E-state index contributed by atoms with van der Waals surface area (Å²) >= 11 is 0. The molecule has 4 heteroatoms. The Morgan fingerprint density at radius 3 is 2.89 bits per heavy atom. The van der Waals surface area contributed by atoms with E-state index in [2.05, 4.69) is 0 Å². The van der Waals surface area contributed by atoms with E-state index >= 15 is 0 Å². The summed E-state index contributed by atoms with van der Waals surface area (Å²) in [5.41, 5.74) is 0.369. The Morgan fingerprint density at radius 1 is 1.47 bits per heavy atom. The normalized spacial score (nSPS) is 22.1. The van der Waals surface area contributed by atoms with Gasteiger partial charge in [-0.25, -0.2) is 0 Å². The van der Waals surface area contributed by atoms with E-state index in [1.807, 2.05) is 43.9 Å². The number of morpholine rings is 1. The zero-order valence-electron chi connectivity index (χ0n) is 12.0. The van der Waals surface area contributed by atoms with Gasteiger partial charge in [0.15, 0.2) is 0 Å². The lowest BCUT2D eigenvalue weighted by atomic mass is 9.99. The SMILES string of the molecule is COc1cccc(C(=O)N2C[C@@H](C)OCC2(C)C)c1. The maximum absolute atomic E-state index is 12.6. The molecule has 0 saturated carbocycles. The summed E-state index contributed by atoms with van der Waals surface area (Å²) in [6.45, 7) is 7.21. The van der Waals surface area contributed by atoms with Gasteiger partial charge in [0.25, 0.3) is 5.91 Å². The van der Waals surface area contributed by atoms with E-state index in [1.165, 1.54) is 0 Å². The van der Waals surface area contributed by atoms with Gasteiger partial charge in [0.1, 0.15) is 5.75 Å². The molecule has 1 heterocycles. The van der Waals surface area contributed by atoms with E-state index in [-0.39, 0.29) is 17.6 Å². The van der Waals surface area contributed by atoms with Crippen LogP contribution in [0.2, 0.25) is 0 Å². The Balaban J connectivity index is 2.26. The van der Waals surface area contributed by atoms with Gasteiger partial charge in [0, 0.05) is 12.1 Å². The summed E-state index contributed by atoms with van der Waals surface area (Å²) < 4.78 is 10.8. The summed E-state index contributed by atoms with van der Waals surface area (Å²) in [6, 6.07) is 7.27. The van der Waals surface area contributed by atoms with Gasteiger partial charge in [-0.05, 0) is 39.0 Å². The average molecular weight is 263 g/mol. The van der Waals surface area contributed by atoms with Gasteiger partial charge in [0.2, 0.25) is 0 Å². The van der Waals surface area contributed by atoms with Crippen LogP contribution in [0.4, 0.5) is 0 Å². The monoisotopic (exact) mass is 263 g/mol. The van der Waals surface area contributed by atoms with Crippen LogP contribution < -0.4 is 4.74 Å². The molecular formula is C15H21NO3. The van der Waals surface area contributed by atoms with Crippen LogP contribution in [-0.4, -0.2) is 42.7 Å². The van der Waals surface area contributed by atoms with Crippen LogP contribution in [0.3, 0.4) is 0 Å². The second-order valence-corrected chi connectivity index (χ2v) is 5.58. The highest BCUT2D eigenvalue weighted by Gasteiger charge is 2.37. The number of carbonyl (C=O) groups is 1. The number of hydrogen-bond donors (Lipinski definition) is 0. The van der Waals surface area contributed by atoms with Crippen LogP contribution in [0.25, 0.3) is 0 Å². The Kier molecular flexibility index (Phi) is 3.80. The quantitative estimate of drug-likeness (QED) is 0.822. The van der Waals surface area contributed by atoms with Crippen molar-refractivity contribution in [3.05, 3.63) is 29.8 Å². The molecule has 1 aliphatic rings. The van der Waals surface area contributed by atoms with Crippen LogP contribution in [0.1, 0.15) is 31.1 Å². The number of nitrogens with zero attached hydrogens (tertiary/aromatic N) is 1. The van der Waals surface area contributed by atoms with Crippen molar-refractivity contribution in [3.63, 3.8) is 0 Å². The number of rotatable bonds is 2. The Hall–Kier alpha value is -1.55. The lowest BCUT2D eigenvalue weighted by molar-refractivity contribution is -0.0756. The maximum Gasteiger partial charge on any atom is 0.254 e. The zero-order valence-corrected chi connectivity index (χ0v) is 12.0. The Bertz CT molecular complexity index is 470. The van der Waals surface area contributed by atoms with Crippen molar-refractivity contribution in [2.24, 2.45) is 0 Å². The molecule has 0 N–H and O–H groups in total. The number of hydrogen-bond acceptors (Lipinski definition) is 3. The fraction of sp³-hybridized carbons (Fsp3) is 0.533. The Morgan fingerprint density at radius 2 is 2.21 bits per heavy atom. The molecule has 1 atom stereocenters. The zero-order chi connectivity index (χ0) is 14.0. The van der Waals surface area contributed by atoms with E-state index in [4.69, 9.17) is 9.47 Å². The van der Waals surface area contributed by atoms with Crippen molar-refractivity contribution in [3.8, 4) is 5.75 Å². The van der Waals surface area contributed by atoms with Crippen molar-refractivity contribution in [2.45, 2.75) is 32.4 Å². The van der Waals surface area contributed by atoms with E-state index in [9.17, 15) is 4.79 Å². The first-order chi connectivity index (χ1) is 8.94. The van der Waals surface area contributed by atoms with Crippen molar-refractivity contribution < 1.29 is 14.3 Å². The topological polar surface area (TPSA) is 38.8 Å². The van der Waals surface area contributed by atoms with Gasteiger partial charge in [0.05, 0.1) is 25.4 Å². The summed E-state index contributed by atoms with van der Waals surface area (Å²) in [6.07, 6.45) is 0.0718. The smallest absolute Gasteiger partial charge is 0.254 e. The first kappa shape index (κ1) is 13.9. The highest BCUT2D eigenvalue weighted by molar-refractivity contribution is 5.95. The van der Waals surface area contributed by atoms with Gasteiger partial charge < -0.3 is 14.4 Å². The number of amides is 1. The molecule has 0 aliphatic carbocycles. The molecule has 2 rings (SSSR count). The largest absolute Gasteiger partial charge is 0.497 e. The summed E-state index contributed by atoms with van der Waals surface area (Å²) in [4.78, 5) is 14.5. The third-order valence-electron chi connectivity index (χ3n) is 3.45. The van der Waals surface area contributed by atoms with E-state index in [0.29, 0.717) is 24.5 Å². The summed E-state index contributed by atoms with van der Waals surface area (Å²) in [5, 5.41) is 0. The molecule has 19 heavy (non-hydrogen) atoms. The fourth-order valence-corrected chi connectivity index (χ4v) is 2.25. The molecular weight excluding hydrogens is 242 g/mol. The average Bonchev–Trinajstić information content (AvgIpc) is 2.41. The molecule has 1 aromatic carbocycles. The maximum atomic E-state index is 12.6. The van der Waals surface area contributed by atoms with Gasteiger partial charge in [-0.1, -0.05) is 6.07 Å².